The molecule has 2 unspecified atom stereocenters. The fourth-order valence-corrected chi connectivity index (χ4v) is 4.72. The quantitative estimate of drug-likeness (QED) is 0.0692. The van der Waals surface area contributed by atoms with E-state index in [-0.39, 0.29) is 51.2 Å². The van der Waals surface area contributed by atoms with Crippen LogP contribution in [0.25, 0.3) is 21.5 Å². The molecule has 0 heterocycles. The van der Waals surface area contributed by atoms with Gasteiger partial charge in [0.05, 0.1) is 13.2 Å². The first-order valence-electron chi connectivity index (χ1n) is 16.2. The Hall–Kier alpha value is -3.36. The van der Waals surface area contributed by atoms with Gasteiger partial charge in [0.1, 0.15) is 24.7 Å². The average Bonchev–Trinajstić information content (AvgIpc) is 3.05. The third-order valence-electron chi connectivity index (χ3n) is 7.29. The van der Waals surface area contributed by atoms with Crippen LogP contribution in [0, 0.1) is 0 Å². The van der Waals surface area contributed by atoms with Crippen LogP contribution in [-0.2, 0) is 35.0 Å². The van der Waals surface area contributed by atoms with Gasteiger partial charge in [0.25, 0.3) is 0 Å². The van der Waals surface area contributed by atoms with Gasteiger partial charge in [0.15, 0.2) is 12.2 Å². The molecule has 0 spiro atoms. The van der Waals surface area contributed by atoms with Crippen molar-refractivity contribution in [3.8, 4) is 11.5 Å². The molecule has 0 saturated heterocycles. The highest BCUT2D eigenvalue weighted by Gasteiger charge is 2.22. The van der Waals surface area contributed by atoms with Crippen molar-refractivity contribution >= 4 is 33.5 Å². The van der Waals surface area contributed by atoms with E-state index in [2.05, 4.69) is 39.0 Å². The number of carbonyl (C=O) groups is 2. The van der Waals surface area contributed by atoms with Crippen molar-refractivity contribution in [1.29, 1.82) is 0 Å². The van der Waals surface area contributed by atoms with Crippen LogP contribution in [0.15, 0.2) is 42.5 Å². The first-order chi connectivity index (χ1) is 21.4. The van der Waals surface area contributed by atoms with E-state index in [1.54, 1.807) is 13.8 Å². The molecule has 44 heavy (non-hydrogen) atoms. The summed E-state index contributed by atoms with van der Waals surface area (Å²) < 4.78 is 36.0. The predicted octanol–water partition coefficient (Wildman–Crippen LogP) is 7.59. The molecule has 0 aliphatic carbocycles. The summed E-state index contributed by atoms with van der Waals surface area (Å²) in [6.07, 6.45) is 4.25. The largest absolute Gasteiger partial charge is 0.488 e. The molecule has 8 nitrogen and oxygen atoms in total. The Labute approximate surface area is 262 Å². The van der Waals surface area contributed by atoms with E-state index in [9.17, 15) is 9.59 Å². The summed E-state index contributed by atoms with van der Waals surface area (Å²) in [6.45, 7) is 11.9. The summed E-state index contributed by atoms with van der Waals surface area (Å²) in [7, 11) is 0. The molecule has 3 aromatic rings. The molecule has 3 aromatic carbocycles. The summed E-state index contributed by atoms with van der Waals surface area (Å²) in [5, 5.41) is 3.52. The lowest BCUT2D eigenvalue weighted by Crippen LogP contribution is -2.30. The third-order valence-corrected chi connectivity index (χ3v) is 7.29. The highest BCUT2D eigenvalue weighted by molar-refractivity contribution is 6.11. The number of aryl methyl sites for hydroxylation is 1. The zero-order valence-electron chi connectivity index (χ0n) is 27.2. The van der Waals surface area contributed by atoms with E-state index < -0.39 is 12.2 Å². The molecule has 242 valence electrons. The summed E-state index contributed by atoms with van der Waals surface area (Å²) in [4.78, 5) is 24.4. The Bertz CT molecular complexity index is 1320. The number of esters is 2. The minimum absolute atomic E-state index is 0.150. The molecule has 0 N–H and O–H groups in total. The average molecular weight is 611 g/mol. The lowest BCUT2D eigenvalue weighted by atomic mass is 9.98. The predicted molar refractivity (Wildman–Crippen MR) is 174 cm³/mol. The molecule has 0 aliphatic heterocycles. The zero-order chi connectivity index (χ0) is 31.7. The van der Waals surface area contributed by atoms with Crippen LogP contribution in [0.5, 0.6) is 11.5 Å². The summed E-state index contributed by atoms with van der Waals surface area (Å²) in [6, 6.07) is 14.2. The Morgan fingerprint density at radius 3 is 1.55 bits per heavy atom. The standard InChI is InChI=1S/C36H50O8/c1-6-11-19-39-22-27(43-33(37)9-4)24-41-35-29-15-13-14-16-30(29)36(32-21-26(8-3)17-18-31(32)35)42-25-28(44-34(38)10-5)23-40-20-12-7-2/h13-18,21,27-28H,6-12,19-20,22-25H2,1-5H3. The van der Waals surface area contributed by atoms with Crippen LogP contribution in [0.4, 0.5) is 0 Å². The van der Waals surface area contributed by atoms with E-state index in [0.717, 1.165) is 59.2 Å². The molecule has 3 rings (SSSR count). The molecule has 0 amide bonds. The lowest BCUT2D eigenvalue weighted by molar-refractivity contribution is -0.154. The van der Waals surface area contributed by atoms with Gasteiger partial charge in [0.2, 0.25) is 0 Å². The fourth-order valence-electron chi connectivity index (χ4n) is 4.72. The van der Waals surface area contributed by atoms with Crippen LogP contribution in [-0.4, -0.2) is 63.8 Å². The molecule has 0 radical (unpaired) electrons. The minimum Gasteiger partial charge on any atom is -0.488 e. The number of unbranched alkanes of at least 4 members (excludes halogenated alkanes) is 2. The van der Waals surface area contributed by atoms with Crippen molar-refractivity contribution in [2.24, 2.45) is 0 Å². The number of carbonyl (C=O) groups excluding carboxylic acids is 2. The molecular weight excluding hydrogens is 560 g/mol. The van der Waals surface area contributed by atoms with Crippen LogP contribution in [0.1, 0.15) is 78.7 Å². The summed E-state index contributed by atoms with van der Waals surface area (Å²) in [5.74, 6) is 0.803. The van der Waals surface area contributed by atoms with Crippen LogP contribution < -0.4 is 9.47 Å². The minimum atomic E-state index is -0.542. The Morgan fingerprint density at radius 2 is 1.09 bits per heavy atom. The normalized spacial score (nSPS) is 12.7. The number of ether oxygens (including phenoxy) is 6. The van der Waals surface area contributed by atoms with E-state index in [4.69, 9.17) is 28.4 Å². The number of hydrogen-bond donors (Lipinski definition) is 0. The second-order valence-corrected chi connectivity index (χ2v) is 10.8. The van der Waals surface area contributed by atoms with Gasteiger partial charge >= 0.3 is 11.9 Å². The van der Waals surface area contributed by atoms with E-state index in [0.29, 0.717) is 24.7 Å². The topological polar surface area (TPSA) is 89.5 Å². The van der Waals surface area contributed by atoms with Crippen molar-refractivity contribution in [3.63, 3.8) is 0 Å². The van der Waals surface area contributed by atoms with Gasteiger partial charge in [-0.25, -0.2) is 0 Å². The van der Waals surface area contributed by atoms with Crippen molar-refractivity contribution in [2.45, 2.75) is 91.8 Å². The van der Waals surface area contributed by atoms with Crippen molar-refractivity contribution in [1.82, 2.24) is 0 Å². The molecule has 2 atom stereocenters. The molecule has 0 bridgehead atoms. The van der Waals surface area contributed by atoms with Gasteiger partial charge < -0.3 is 28.4 Å². The number of rotatable bonds is 21. The maximum Gasteiger partial charge on any atom is 0.305 e. The van der Waals surface area contributed by atoms with Crippen LogP contribution >= 0.6 is 0 Å². The van der Waals surface area contributed by atoms with Gasteiger partial charge in [-0.2, -0.15) is 0 Å². The van der Waals surface area contributed by atoms with Crippen molar-refractivity contribution < 1.29 is 38.0 Å². The molecule has 0 saturated carbocycles. The Morgan fingerprint density at radius 1 is 0.614 bits per heavy atom. The molecule has 0 aromatic heterocycles. The van der Waals surface area contributed by atoms with Gasteiger partial charge in [0, 0.05) is 47.6 Å². The third kappa shape index (κ3) is 10.4. The highest BCUT2D eigenvalue weighted by atomic mass is 16.6. The second kappa shape index (κ2) is 19.1. The SMILES string of the molecule is CCCCOCC(COc1c2ccccc2c(OCC(COCCCC)OC(=O)CC)c2cc(CC)ccc12)OC(=O)CC. The molecule has 0 aliphatic rings. The van der Waals surface area contributed by atoms with Gasteiger partial charge in [-0.3, -0.25) is 9.59 Å². The van der Waals surface area contributed by atoms with Crippen LogP contribution in [0.3, 0.4) is 0 Å². The second-order valence-electron chi connectivity index (χ2n) is 10.8. The van der Waals surface area contributed by atoms with Gasteiger partial charge in [-0.1, -0.05) is 83.9 Å². The van der Waals surface area contributed by atoms with E-state index >= 15 is 0 Å². The Kier molecular flexibility index (Phi) is 15.3. The Balaban J connectivity index is 1.97. The monoisotopic (exact) mass is 610 g/mol. The highest BCUT2D eigenvalue weighted by Crippen LogP contribution is 2.43. The van der Waals surface area contributed by atoms with Gasteiger partial charge in [-0.05, 0) is 30.9 Å². The van der Waals surface area contributed by atoms with Crippen molar-refractivity contribution in [3.05, 3.63) is 48.0 Å². The maximum absolute atomic E-state index is 12.2. The first kappa shape index (κ1) is 35.1. The summed E-state index contributed by atoms with van der Waals surface area (Å²) in [5.41, 5.74) is 1.15. The van der Waals surface area contributed by atoms with Crippen molar-refractivity contribution in [2.75, 3.05) is 39.6 Å². The maximum atomic E-state index is 12.2. The zero-order valence-corrected chi connectivity index (χ0v) is 27.2. The lowest BCUT2D eigenvalue weighted by Gasteiger charge is -2.23. The molecule has 8 heteroatoms. The van der Waals surface area contributed by atoms with Gasteiger partial charge in [-0.15, -0.1) is 0 Å². The molecule has 0 fully saturated rings. The number of fused-ring (bicyclic) bond motifs is 2. The number of hydrogen-bond acceptors (Lipinski definition) is 8. The smallest absolute Gasteiger partial charge is 0.305 e. The summed E-state index contributed by atoms with van der Waals surface area (Å²) >= 11 is 0. The first-order valence-corrected chi connectivity index (χ1v) is 16.2. The van der Waals surface area contributed by atoms with E-state index in [1.807, 2.05) is 24.3 Å². The van der Waals surface area contributed by atoms with Crippen LogP contribution in [0.2, 0.25) is 0 Å². The molecular formula is C36H50O8. The number of benzene rings is 3. The fraction of sp³-hybridized carbons (Fsp3) is 0.556. The van der Waals surface area contributed by atoms with E-state index in [1.165, 1.54) is 0 Å².